The van der Waals surface area contributed by atoms with Crippen molar-refractivity contribution in [3.63, 3.8) is 0 Å². The van der Waals surface area contributed by atoms with E-state index in [1.165, 1.54) is 16.6 Å². The van der Waals surface area contributed by atoms with Crippen LogP contribution in [0.1, 0.15) is 39.8 Å². The van der Waals surface area contributed by atoms with Gasteiger partial charge in [-0.1, -0.05) is 0 Å². The van der Waals surface area contributed by atoms with Crippen LogP contribution in [0.15, 0.2) is 23.8 Å². The maximum atomic E-state index is 10.9. The predicted octanol–water partition coefficient (Wildman–Crippen LogP) is 2.73. The molecule has 98 valence electrons. The lowest BCUT2D eigenvalue weighted by Crippen LogP contribution is -2.17. The van der Waals surface area contributed by atoms with Gasteiger partial charge in [0, 0.05) is 4.88 Å². The van der Waals surface area contributed by atoms with Crippen molar-refractivity contribution in [1.82, 2.24) is 9.97 Å². The average Bonchev–Trinajstić information content (AvgIpc) is 2.88. The van der Waals surface area contributed by atoms with Crippen molar-refractivity contribution in [1.29, 1.82) is 0 Å². The molecular weight excluding hydrogens is 262 g/mol. The molecule has 0 radical (unpaired) electrons. The Bertz CT molecular complexity index is 611. The minimum Gasteiger partial charge on any atom is -0.476 e. The first-order chi connectivity index (χ1) is 9.24. The van der Waals surface area contributed by atoms with Crippen molar-refractivity contribution < 1.29 is 9.90 Å². The van der Waals surface area contributed by atoms with E-state index in [0.717, 1.165) is 19.3 Å². The zero-order chi connectivity index (χ0) is 13.2. The standard InChI is InChI=1S/C13H13N3O2S/c17-13(18)10-6-14-7-12(16-10)15-9-2-1-3-11-8(9)4-5-19-11/h4-7,9H,1-3H2,(H,15,16)(H,17,18). The Labute approximate surface area is 114 Å². The zero-order valence-electron chi connectivity index (χ0n) is 10.2. The van der Waals surface area contributed by atoms with Crippen molar-refractivity contribution in [2.24, 2.45) is 0 Å². The fourth-order valence-electron chi connectivity index (χ4n) is 2.35. The molecule has 0 saturated heterocycles. The number of carboxylic acids is 1. The monoisotopic (exact) mass is 275 g/mol. The highest BCUT2D eigenvalue weighted by Gasteiger charge is 2.21. The largest absolute Gasteiger partial charge is 0.476 e. The summed E-state index contributed by atoms with van der Waals surface area (Å²) in [5.41, 5.74) is 1.27. The first-order valence-electron chi connectivity index (χ1n) is 6.12. The van der Waals surface area contributed by atoms with Crippen molar-refractivity contribution >= 4 is 23.1 Å². The highest BCUT2D eigenvalue weighted by molar-refractivity contribution is 7.10. The van der Waals surface area contributed by atoms with Gasteiger partial charge in [0.25, 0.3) is 0 Å². The van der Waals surface area contributed by atoms with Gasteiger partial charge in [0.1, 0.15) is 5.82 Å². The molecule has 5 nitrogen and oxygen atoms in total. The van der Waals surface area contributed by atoms with E-state index in [2.05, 4.69) is 26.7 Å². The van der Waals surface area contributed by atoms with Crippen molar-refractivity contribution in [3.05, 3.63) is 40.0 Å². The van der Waals surface area contributed by atoms with E-state index in [0.29, 0.717) is 5.82 Å². The second kappa shape index (κ2) is 4.97. The molecule has 6 heteroatoms. The molecule has 0 aromatic carbocycles. The molecule has 2 aromatic rings. The van der Waals surface area contributed by atoms with Gasteiger partial charge < -0.3 is 10.4 Å². The van der Waals surface area contributed by atoms with Crippen LogP contribution in [0.2, 0.25) is 0 Å². The van der Waals surface area contributed by atoms with Crippen LogP contribution in [0.4, 0.5) is 5.82 Å². The molecule has 0 fully saturated rings. The lowest BCUT2D eigenvalue weighted by Gasteiger charge is -2.24. The third-order valence-electron chi connectivity index (χ3n) is 3.23. The number of thiophene rings is 1. The summed E-state index contributed by atoms with van der Waals surface area (Å²) in [4.78, 5) is 20.2. The summed E-state index contributed by atoms with van der Waals surface area (Å²) in [6.07, 6.45) is 6.11. The predicted molar refractivity (Wildman–Crippen MR) is 72.6 cm³/mol. The first kappa shape index (κ1) is 12.1. The molecule has 1 unspecified atom stereocenters. The fraction of sp³-hybridized carbons (Fsp3) is 0.308. The van der Waals surface area contributed by atoms with Crippen LogP contribution >= 0.6 is 11.3 Å². The molecule has 1 atom stereocenters. The number of nitrogens with one attached hydrogen (secondary N) is 1. The Morgan fingerprint density at radius 3 is 3.21 bits per heavy atom. The summed E-state index contributed by atoms with van der Waals surface area (Å²) < 4.78 is 0. The summed E-state index contributed by atoms with van der Waals surface area (Å²) in [6, 6.07) is 2.33. The molecular formula is C13H13N3O2S. The van der Waals surface area contributed by atoms with Gasteiger partial charge in [-0.3, -0.25) is 4.98 Å². The van der Waals surface area contributed by atoms with E-state index >= 15 is 0 Å². The summed E-state index contributed by atoms with van der Waals surface area (Å²) >= 11 is 1.78. The molecule has 19 heavy (non-hydrogen) atoms. The number of fused-ring (bicyclic) bond motifs is 1. The third kappa shape index (κ3) is 2.44. The molecule has 3 rings (SSSR count). The number of carbonyl (C=O) groups is 1. The highest BCUT2D eigenvalue weighted by Crippen LogP contribution is 2.35. The number of aromatic nitrogens is 2. The lowest BCUT2D eigenvalue weighted by atomic mass is 9.94. The van der Waals surface area contributed by atoms with Gasteiger partial charge in [0.15, 0.2) is 5.69 Å². The van der Waals surface area contributed by atoms with Crippen molar-refractivity contribution in [3.8, 4) is 0 Å². The van der Waals surface area contributed by atoms with E-state index in [9.17, 15) is 4.79 Å². The molecule has 0 saturated carbocycles. The van der Waals surface area contributed by atoms with Crippen molar-refractivity contribution in [2.45, 2.75) is 25.3 Å². The third-order valence-corrected chi connectivity index (χ3v) is 4.22. The van der Waals surface area contributed by atoms with E-state index in [1.54, 1.807) is 17.5 Å². The molecule has 0 bridgehead atoms. The number of hydrogen-bond donors (Lipinski definition) is 2. The normalized spacial score (nSPS) is 17.8. The van der Waals surface area contributed by atoms with Crippen LogP contribution in [0, 0.1) is 0 Å². The maximum Gasteiger partial charge on any atom is 0.356 e. The maximum absolute atomic E-state index is 10.9. The van der Waals surface area contributed by atoms with Gasteiger partial charge in [0.2, 0.25) is 0 Å². The molecule has 0 aliphatic heterocycles. The quantitative estimate of drug-likeness (QED) is 0.900. The highest BCUT2D eigenvalue weighted by atomic mass is 32.1. The Morgan fingerprint density at radius 1 is 1.47 bits per heavy atom. The molecule has 0 spiro atoms. The van der Waals surface area contributed by atoms with Crippen LogP contribution < -0.4 is 5.32 Å². The van der Waals surface area contributed by atoms with Crippen LogP contribution in [0.5, 0.6) is 0 Å². The average molecular weight is 275 g/mol. The molecule has 2 aromatic heterocycles. The molecule has 2 heterocycles. The van der Waals surface area contributed by atoms with Crippen molar-refractivity contribution in [2.75, 3.05) is 5.32 Å². The second-order valence-corrected chi connectivity index (χ2v) is 5.48. The number of carboxylic acid groups (broad SMARTS) is 1. The van der Waals surface area contributed by atoms with Crippen LogP contribution in [0.3, 0.4) is 0 Å². The van der Waals surface area contributed by atoms with Gasteiger partial charge in [0.05, 0.1) is 18.4 Å². The molecule has 2 N–H and O–H groups in total. The van der Waals surface area contributed by atoms with E-state index in [-0.39, 0.29) is 11.7 Å². The van der Waals surface area contributed by atoms with Crippen LogP contribution in [-0.4, -0.2) is 21.0 Å². The number of rotatable bonds is 3. The zero-order valence-corrected chi connectivity index (χ0v) is 11.0. The summed E-state index contributed by atoms with van der Waals surface area (Å²) in [5, 5.41) is 14.3. The molecule has 1 aliphatic carbocycles. The Morgan fingerprint density at radius 2 is 2.37 bits per heavy atom. The Hall–Kier alpha value is -1.95. The Kier molecular flexibility index (Phi) is 3.16. The summed E-state index contributed by atoms with van der Waals surface area (Å²) in [7, 11) is 0. The Balaban J connectivity index is 1.83. The SMILES string of the molecule is O=C(O)c1cncc(NC2CCCc3sccc32)n1. The minimum atomic E-state index is -1.06. The number of anilines is 1. The number of aromatic carboxylic acids is 1. The summed E-state index contributed by atoms with van der Waals surface area (Å²) in [6.45, 7) is 0. The number of aryl methyl sites for hydroxylation is 1. The number of hydrogen-bond acceptors (Lipinski definition) is 5. The van der Waals surface area contributed by atoms with Gasteiger partial charge >= 0.3 is 5.97 Å². The van der Waals surface area contributed by atoms with Gasteiger partial charge in [-0.15, -0.1) is 11.3 Å². The van der Waals surface area contributed by atoms with E-state index < -0.39 is 5.97 Å². The van der Waals surface area contributed by atoms with Crippen LogP contribution in [-0.2, 0) is 6.42 Å². The summed E-state index contributed by atoms with van der Waals surface area (Å²) in [5.74, 6) is -0.542. The molecule has 1 aliphatic rings. The minimum absolute atomic E-state index is 0.0358. The van der Waals surface area contributed by atoms with E-state index in [1.807, 2.05) is 0 Å². The smallest absolute Gasteiger partial charge is 0.356 e. The van der Waals surface area contributed by atoms with E-state index in [4.69, 9.17) is 5.11 Å². The van der Waals surface area contributed by atoms with Gasteiger partial charge in [-0.05, 0) is 36.3 Å². The first-order valence-corrected chi connectivity index (χ1v) is 7.00. The second-order valence-electron chi connectivity index (χ2n) is 4.48. The topological polar surface area (TPSA) is 75.1 Å². The fourth-order valence-corrected chi connectivity index (χ4v) is 3.34. The van der Waals surface area contributed by atoms with Gasteiger partial charge in [-0.25, -0.2) is 9.78 Å². The molecule has 0 amide bonds. The van der Waals surface area contributed by atoms with Gasteiger partial charge in [-0.2, -0.15) is 0 Å². The number of nitrogens with zero attached hydrogens (tertiary/aromatic N) is 2. The van der Waals surface area contributed by atoms with Crippen LogP contribution in [0.25, 0.3) is 0 Å². The lowest BCUT2D eigenvalue weighted by molar-refractivity contribution is 0.0690.